The van der Waals surface area contributed by atoms with Crippen LogP contribution in [0.5, 0.6) is 0 Å². The lowest BCUT2D eigenvalue weighted by atomic mass is 9.94. The molecule has 4 amide bonds. The third-order valence-electron chi connectivity index (χ3n) is 8.29. The first-order chi connectivity index (χ1) is 22.3. The number of carboxylic acids is 1. The number of likely N-dealkylation sites (tertiary alicyclic amines) is 1. The molecule has 3 rings (SSSR count). The van der Waals surface area contributed by atoms with E-state index in [0.29, 0.717) is 25.0 Å². The number of alkyl carbamates (subject to hydrolysis) is 1. The highest BCUT2D eigenvalue weighted by molar-refractivity contribution is 6.08. The Balaban J connectivity index is 1.81. The van der Waals surface area contributed by atoms with Crippen molar-refractivity contribution in [3.63, 3.8) is 0 Å². The van der Waals surface area contributed by atoms with Crippen molar-refractivity contribution in [1.82, 2.24) is 30.8 Å². The molecule has 1 aliphatic rings. The van der Waals surface area contributed by atoms with Gasteiger partial charge in [-0.3, -0.25) is 24.5 Å². The van der Waals surface area contributed by atoms with Crippen molar-refractivity contribution >= 4 is 35.6 Å². The van der Waals surface area contributed by atoms with Gasteiger partial charge in [0.15, 0.2) is 5.78 Å². The maximum atomic E-state index is 14.1. The molecule has 1 aromatic heterocycles. The van der Waals surface area contributed by atoms with Gasteiger partial charge in [0.25, 0.3) is 0 Å². The standard InChI is InChI=1S/C32H45N7O8/c1-5-19(4)25(31(44)45)37-29(42)23-12-9-13-39(23)30(43)22(14-21-15-34-17-35-21)36-26(28(33)41)27(40)24(18(2)3)38-32(46)47-16-20-10-7-6-8-11-20/h6-8,10-11,15,17-19,22-26,36H,5,9,12-14,16H2,1-4H3,(H2,33,41)(H,34,35)(H,37,42)(H,38,46)(H,44,45)/t19-,22-,23-,24-,25-,26?/m0/s1. The number of aromatic nitrogens is 2. The molecule has 1 unspecified atom stereocenters. The number of carbonyl (C=O) groups is 6. The van der Waals surface area contributed by atoms with Gasteiger partial charge in [0, 0.05) is 24.9 Å². The lowest BCUT2D eigenvalue weighted by Crippen LogP contribution is -2.62. The molecule has 1 saturated heterocycles. The van der Waals surface area contributed by atoms with Gasteiger partial charge < -0.3 is 36.1 Å². The first-order valence-corrected chi connectivity index (χ1v) is 15.7. The van der Waals surface area contributed by atoms with E-state index in [1.54, 1.807) is 45.0 Å². The predicted octanol–water partition coefficient (Wildman–Crippen LogP) is 0.891. The van der Waals surface area contributed by atoms with Crippen LogP contribution in [0.1, 0.15) is 58.2 Å². The normalized spacial score (nSPS) is 17.6. The van der Waals surface area contributed by atoms with E-state index in [0.717, 1.165) is 5.56 Å². The van der Waals surface area contributed by atoms with Crippen LogP contribution in [-0.4, -0.2) is 92.3 Å². The van der Waals surface area contributed by atoms with Crippen LogP contribution in [0.25, 0.3) is 0 Å². The smallest absolute Gasteiger partial charge is 0.408 e. The van der Waals surface area contributed by atoms with Crippen molar-refractivity contribution in [2.75, 3.05) is 6.54 Å². The SMILES string of the molecule is CC[C@H](C)[C@H](NC(=O)[C@@H]1CCCN1C(=O)[C@H](Cc1cnc[nH]1)NC(C(N)=O)C(=O)[C@@H](NC(=O)OCc1ccccc1)C(C)C)C(=O)O. The molecule has 1 fully saturated rings. The fraction of sp³-hybridized carbons (Fsp3) is 0.531. The third kappa shape index (κ3) is 10.1. The van der Waals surface area contributed by atoms with E-state index in [1.807, 2.05) is 13.0 Å². The largest absolute Gasteiger partial charge is 0.480 e. The van der Waals surface area contributed by atoms with E-state index in [1.165, 1.54) is 17.4 Å². The van der Waals surface area contributed by atoms with E-state index < -0.39 is 71.7 Å². The highest BCUT2D eigenvalue weighted by Crippen LogP contribution is 2.21. The summed E-state index contributed by atoms with van der Waals surface area (Å²) in [7, 11) is 0. The minimum absolute atomic E-state index is 0.0426. The summed E-state index contributed by atoms with van der Waals surface area (Å²) in [6.07, 6.45) is 3.23. The molecule has 0 aliphatic carbocycles. The second-order valence-electron chi connectivity index (χ2n) is 12.1. The number of ketones is 1. The minimum Gasteiger partial charge on any atom is -0.480 e. The Kier molecular flexibility index (Phi) is 13.4. The van der Waals surface area contributed by atoms with Gasteiger partial charge in [0.05, 0.1) is 18.4 Å². The molecule has 15 nitrogen and oxygen atoms in total. The van der Waals surface area contributed by atoms with Crippen LogP contribution < -0.4 is 21.7 Å². The van der Waals surface area contributed by atoms with Crippen molar-refractivity contribution in [1.29, 1.82) is 0 Å². The number of nitrogens with two attached hydrogens (primary N) is 1. The summed E-state index contributed by atoms with van der Waals surface area (Å²) in [5.74, 6) is -5.07. The lowest BCUT2D eigenvalue weighted by Gasteiger charge is -2.32. The molecule has 0 saturated carbocycles. The van der Waals surface area contributed by atoms with Gasteiger partial charge >= 0.3 is 12.1 Å². The van der Waals surface area contributed by atoms with Crippen LogP contribution in [-0.2, 0) is 41.7 Å². The Morgan fingerprint density at radius 2 is 1.79 bits per heavy atom. The molecular formula is C32H45N7O8. The molecule has 1 aromatic carbocycles. The summed E-state index contributed by atoms with van der Waals surface area (Å²) in [5, 5.41) is 17.6. The number of carboxylic acid groups (broad SMARTS) is 1. The average molecular weight is 656 g/mol. The van der Waals surface area contributed by atoms with Gasteiger partial charge in [0.2, 0.25) is 17.7 Å². The first kappa shape index (κ1) is 36.7. The number of imidazole rings is 1. The molecule has 15 heteroatoms. The van der Waals surface area contributed by atoms with Gasteiger partial charge in [-0.05, 0) is 30.2 Å². The zero-order chi connectivity index (χ0) is 34.7. The van der Waals surface area contributed by atoms with E-state index >= 15 is 0 Å². The minimum atomic E-state index is -1.70. The summed E-state index contributed by atoms with van der Waals surface area (Å²) in [5.41, 5.74) is 6.92. The van der Waals surface area contributed by atoms with Crippen LogP contribution >= 0.6 is 0 Å². The second-order valence-corrected chi connectivity index (χ2v) is 12.1. The number of nitrogens with one attached hydrogen (secondary N) is 4. The van der Waals surface area contributed by atoms with Crippen LogP contribution in [0, 0.1) is 11.8 Å². The third-order valence-corrected chi connectivity index (χ3v) is 8.29. The van der Waals surface area contributed by atoms with Gasteiger partial charge in [-0.2, -0.15) is 0 Å². The summed E-state index contributed by atoms with van der Waals surface area (Å²) in [6, 6.07) is 2.70. The number of benzene rings is 1. The maximum Gasteiger partial charge on any atom is 0.408 e. The molecule has 7 N–H and O–H groups in total. The second kappa shape index (κ2) is 17.2. The molecule has 0 radical (unpaired) electrons. The van der Waals surface area contributed by atoms with E-state index in [-0.39, 0.29) is 25.5 Å². The molecule has 0 bridgehead atoms. The summed E-state index contributed by atoms with van der Waals surface area (Å²) >= 11 is 0. The quantitative estimate of drug-likeness (QED) is 0.132. The molecule has 47 heavy (non-hydrogen) atoms. The number of nitrogens with zero attached hydrogens (tertiary/aromatic N) is 2. The number of hydrogen-bond donors (Lipinski definition) is 6. The number of carbonyl (C=O) groups excluding carboxylic acids is 5. The van der Waals surface area contributed by atoms with Crippen LogP contribution in [0.4, 0.5) is 4.79 Å². The number of aromatic amines is 1. The maximum absolute atomic E-state index is 14.1. The number of hydrogen-bond acceptors (Lipinski definition) is 9. The van der Waals surface area contributed by atoms with Crippen molar-refractivity contribution in [3.05, 3.63) is 54.1 Å². The Morgan fingerprint density at radius 3 is 2.36 bits per heavy atom. The number of Topliss-reactive ketones (excluding diaryl/α,β-unsaturated/α-hetero) is 1. The number of aliphatic carboxylic acids is 1. The molecular weight excluding hydrogens is 610 g/mol. The monoisotopic (exact) mass is 655 g/mol. The fourth-order valence-corrected chi connectivity index (χ4v) is 5.41. The van der Waals surface area contributed by atoms with E-state index in [9.17, 15) is 33.9 Å². The molecule has 256 valence electrons. The zero-order valence-electron chi connectivity index (χ0n) is 27.1. The van der Waals surface area contributed by atoms with Crippen molar-refractivity contribution in [2.45, 2.75) is 90.2 Å². The highest BCUT2D eigenvalue weighted by Gasteiger charge is 2.42. The Labute approximate surface area is 273 Å². The van der Waals surface area contributed by atoms with Crippen LogP contribution in [0.15, 0.2) is 42.9 Å². The Hall–Kier alpha value is -4.79. The Bertz CT molecular complexity index is 1380. The number of amides is 4. The average Bonchev–Trinajstić information content (AvgIpc) is 3.75. The van der Waals surface area contributed by atoms with Gasteiger partial charge in [-0.15, -0.1) is 0 Å². The van der Waals surface area contributed by atoms with E-state index in [4.69, 9.17) is 10.5 Å². The van der Waals surface area contributed by atoms with Gasteiger partial charge in [-0.1, -0.05) is 64.4 Å². The first-order valence-electron chi connectivity index (χ1n) is 15.7. The van der Waals surface area contributed by atoms with Crippen molar-refractivity contribution in [2.24, 2.45) is 17.6 Å². The number of primary amides is 1. The zero-order valence-corrected chi connectivity index (χ0v) is 27.1. The fourth-order valence-electron chi connectivity index (χ4n) is 5.41. The van der Waals surface area contributed by atoms with Crippen LogP contribution in [0.2, 0.25) is 0 Å². The number of ether oxygens (including phenoxy) is 1. The van der Waals surface area contributed by atoms with Crippen molar-refractivity contribution in [3.8, 4) is 0 Å². The number of H-pyrrole nitrogens is 1. The lowest BCUT2D eigenvalue weighted by molar-refractivity contribution is -0.145. The summed E-state index contributed by atoms with van der Waals surface area (Å²) < 4.78 is 5.27. The number of rotatable bonds is 17. The van der Waals surface area contributed by atoms with E-state index in [2.05, 4.69) is 25.9 Å². The van der Waals surface area contributed by atoms with Crippen molar-refractivity contribution < 1.29 is 38.6 Å². The van der Waals surface area contributed by atoms with Crippen LogP contribution in [0.3, 0.4) is 0 Å². The molecule has 1 aliphatic heterocycles. The topological polar surface area (TPSA) is 226 Å². The molecule has 2 heterocycles. The predicted molar refractivity (Wildman–Crippen MR) is 169 cm³/mol. The highest BCUT2D eigenvalue weighted by atomic mass is 16.5. The summed E-state index contributed by atoms with van der Waals surface area (Å²) in [6.45, 7) is 7.01. The summed E-state index contributed by atoms with van der Waals surface area (Å²) in [4.78, 5) is 86.5. The van der Waals surface area contributed by atoms with Gasteiger partial charge in [-0.25, -0.2) is 14.6 Å². The molecule has 0 spiro atoms. The molecule has 6 atom stereocenters. The molecule has 2 aromatic rings. The van der Waals surface area contributed by atoms with Gasteiger partial charge in [0.1, 0.15) is 24.7 Å². The Morgan fingerprint density at radius 1 is 1.09 bits per heavy atom.